The van der Waals surface area contributed by atoms with Crippen molar-refractivity contribution in [2.75, 3.05) is 0 Å². The quantitative estimate of drug-likeness (QED) is 0.333. The molecule has 0 radical (unpaired) electrons. The molecule has 0 unspecified atom stereocenters. The lowest BCUT2D eigenvalue weighted by atomic mass is 10.1. The number of thioether (sulfide) groups is 1. The Kier molecular flexibility index (Phi) is 4.79. The minimum atomic E-state index is -0.278. The Morgan fingerprint density at radius 3 is 2.55 bits per heavy atom. The van der Waals surface area contributed by atoms with E-state index in [4.69, 9.17) is 4.52 Å². The third-order valence-corrected chi connectivity index (χ3v) is 6.14. The third-order valence-electron chi connectivity index (χ3n) is 4.31. The first-order chi connectivity index (χ1) is 14.3. The number of thiophene rings is 1. The molecule has 8 heteroatoms. The average Bonchev–Trinajstić information content (AvgIpc) is 3.45. The summed E-state index contributed by atoms with van der Waals surface area (Å²) in [4.78, 5) is 5.40. The highest BCUT2D eigenvalue weighted by Crippen LogP contribution is 2.33. The largest absolute Gasteiger partial charge is 0.333 e. The van der Waals surface area contributed by atoms with Gasteiger partial charge >= 0.3 is 0 Å². The maximum absolute atomic E-state index is 13.3. The average molecular weight is 420 g/mol. The highest BCUT2D eigenvalue weighted by Gasteiger charge is 2.14. The van der Waals surface area contributed by atoms with Gasteiger partial charge in [-0.25, -0.2) is 4.39 Å². The van der Waals surface area contributed by atoms with Crippen LogP contribution in [0.3, 0.4) is 0 Å². The summed E-state index contributed by atoms with van der Waals surface area (Å²) in [5, 5.41) is 17.6. The van der Waals surface area contributed by atoms with Gasteiger partial charge in [0.1, 0.15) is 16.5 Å². The second-order valence-corrected chi connectivity index (χ2v) is 8.10. The zero-order chi connectivity index (χ0) is 19.6. The molecule has 0 aliphatic heterocycles. The minimum Gasteiger partial charge on any atom is -0.333 e. The molecule has 5 aromatic rings. The lowest BCUT2D eigenvalue weighted by molar-refractivity contribution is 0.426. The molecular formula is C21H13FN4OS2. The van der Waals surface area contributed by atoms with Crippen LogP contribution in [0.25, 0.3) is 32.8 Å². The van der Waals surface area contributed by atoms with Crippen molar-refractivity contribution in [2.24, 2.45) is 0 Å². The Hall–Kier alpha value is -3.10. The van der Waals surface area contributed by atoms with Crippen molar-refractivity contribution in [2.45, 2.75) is 10.8 Å². The Morgan fingerprint density at radius 1 is 0.931 bits per heavy atom. The van der Waals surface area contributed by atoms with Crippen molar-refractivity contribution >= 4 is 33.9 Å². The summed E-state index contributed by atoms with van der Waals surface area (Å²) in [6.07, 6.45) is 0. The monoisotopic (exact) mass is 420 g/mol. The summed E-state index contributed by atoms with van der Waals surface area (Å²) in [5.74, 6) is 1.37. The predicted octanol–water partition coefficient (Wildman–Crippen LogP) is 5.84. The van der Waals surface area contributed by atoms with Crippen molar-refractivity contribution in [3.8, 4) is 22.0 Å². The van der Waals surface area contributed by atoms with E-state index < -0.39 is 0 Å². The molecule has 0 amide bonds. The number of aromatic nitrogens is 4. The molecule has 142 valence electrons. The lowest BCUT2D eigenvalue weighted by Crippen LogP contribution is -1.94. The van der Waals surface area contributed by atoms with Gasteiger partial charge in [-0.3, -0.25) is 0 Å². The molecule has 0 aliphatic carbocycles. The van der Waals surface area contributed by atoms with Crippen molar-refractivity contribution in [1.29, 1.82) is 0 Å². The summed E-state index contributed by atoms with van der Waals surface area (Å²) in [6, 6.07) is 18.1. The van der Waals surface area contributed by atoms with Crippen LogP contribution in [-0.2, 0) is 5.75 Å². The highest BCUT2D eigenvalue weighted by molar-refractivity contribution is 7.98. The van der Waals surface area contributed by atoms with Crippen LogP contribution in [0.2, 0.25) is 0 Å². The van der Waals surface area contributed by atoms with Gasteiger partial charge in [0.05, 0.1) is 10.6 Å². The van der Waals surface area contributed by atoms with Crippen LogP contribution in [0.5, 0.6) is 0 Å². The van der Waals surface area contributed by atoms with Gasteiger partial charge in [-0.2, -0.15) is 4.98 Å². The van der Waals surface area contributed by atoms with Gasteiger partial charge in [-0.15, -0.1) is 21.5 Å². The van der Waals surface area contributed by atoms with Crippen LogP contribution >= 0.6 is 23.1 Å². The van der Waals surface area contributed by atoms with E-state index in [0.717, 1.165) is 31.9 Å². The summed E-state index contributed by atoms with van der Waals surface area (Å²) in [5.41, 5.74) is 1.55. The normalized spacial score (nSPS) is 11.2. The maximum atomic E-state index is 13.3. The number of hydrogen-bond acceptors (Lipinski definition) is 7. The molecule has 3 heterocycles. The van der Waals surface area contributed by atoms with Crippen LogP contribution in [0.15, 0.2) is 75.6 Å². The van der Waals surface area contributed by atoms with Gasteiger partial charge in [-0.05, 0) is 35.7 Å². The number of halogens is 1. The molecule has 0 N–H and O–H groups in total. The van der Waals surface area contributed by atoms with Crippen LogP contribution in [-0.4, -0.2) is 20.3 Å². The molecular weight excluding hydrogens is 407 g/mol. The molecule has 0 bridgehead atoms. The van der Waals surface area contributed by atoms with Crippen LogP contribution < -0.4 is 0 Å². The van der Waals surface area contributed by atoms with Crippen molar-refractivity contribution in [3.63, 3.8) is 0 Å². The Morgan fingerprint density at radius 2 is 1.76 bits per heavy atom. The lowest BCUT2D eigenvalue weighted by Gasteiger charge is -2.08. The van der Waals surface area contributed by atoms with Gasteiger partial charge in [0.2, 0.25) is 0 Å². The van der Waals surface area contributed by atoms with E-state index in [0.29, 0.717) is 17.5 Å². The first kappa shape index (κ1) is 18.0. The Labute approximate surface area is 173 Å². The minimum absolute atomic E-state index is 0.278. The molecule has 5 nitrogen and oxygen atoms in total. The summed E-state index contributed by atoms with van der Waals surface area (Å²) in [7, 11) is 0. The first-order valence-corrected chi connectivity index (χ1v) is 10.6. The van der Waals surface area contributed by atoms with E-state index in [1.165, 1.54) is 23.9 Å². The summed E-state index contributed by atoms with van der Waals surface area (Å²) < 4.78 is 18.6. The zero-order valence-corrected chi connectivity index (χ0v) is 16.6. The second kappa shape index (κ2) is 7.73. The fraction of sp³-hybridized carbons (Fsp3) is 0.0476. The Balaban J connectivity index is 1.44. The molecule has 3 aromatic heterocycles. The van der Waals surface area contributed by atoms with E-state index in [1.807, 2.05) is 41.8 Å². The number of benzene rings is 2. The number of nitrogens with zero attached hydrogens (tertiary/aromatic N) is 4. The molecule has 0 aliphatic rings. The van der Waals surface area contributed by atoms with Crippen molar-refractivity contribution < 1.29 is 8.91 Å². The second-order valence-electron chi connectivity index (χ2n) is 6.19. The summed E-state index contributed by atoms with van der Waals surface area (Å²) >= 11 is 3.06. The van der Waals surface area contributed by atoms with E-state index in [9.17, 15) is 4.39 Å². The fourth-order valence-electron chi connectivity index (χ4n) is 2.95. The zero-order valence-electron chi connectivity index (χ0n) is 14.9. The van der Waals surface area contributed by atoms with Gasteiger partial charge in [0.25, 0.3) is 5.89 Å². The standard InChI is InChI=1S/C21H13FN4OS2/c22-14-9-7-13(8-10-14)19-15-4-1-2-5-16(15)21(25-24-19)29-12-18-23-20(27-26-18)17-6-3-11-28-17/h1-11H,12H2. The molecule has 2 aromatic carbocycles. The van der Waals surface area contributed by atoms with Gasteiger partial charge in [0, 0.05) is 16.3 Å². The topological polar surface area (TPSA) is 64.7 Å². The van der Waals surface area contributed by atoms with Crippen LogP contribution in [0.4, 0.5) is 4.39 Å². The van der Waals surface area contributed by atoms with Crippen molar-refractivity contribution in [3.05, 3.63) is 77.7 Å². The van der Waals surface area contributed by atoms with Gasteiger partial charge in [-0.1, -0.05) is 47.3 Å². The van der Waals surface area contributed by atoms with Crippen LogP contribution in [0.1, 0.15) is 5.82 Å². The number of rotatable bonds is 5. The third kappa shape index (κ3) is 3.64. The van der Waals surface area contributed by atoms with E-state index >= 15 is 0 Å². The highest BCUT2D eigenvalue weighted by atomic mass is 32.2. The predicted molar refractivity (Wildman–Crippen MR) is 112 cm³/mol. The molecule has 29 heavy (non-hydrogen) atoms. The molecule has 5 rings (SSSR count). The van der Waals surface area contributed by atoms with Crippen LogP contribution in [0, 0.1) is 5.82 Å². The molecule has 0 spiro atoms. The van der Waals surface area contributed by atoms with E-state index in [-0.39, 0.29) is 5.82 Å². The first-order valence-electron chi connectivity index (χ1n) is 8.78. The molecule has 0 saturated heterocycles. The number of fused-ring (bicyclic) bond motifs is 1. The molecule has 0 atom stereocenters. The smallest absolute Gasteiger partial charge is 0.268 e. The number of hydrogen-bond donors (Lipinski definition) is 0. The van der Waals surface area contributed by atoms with E-state index in [2.05, 4.69) is 20.3 Å². The SMILES string of the molecule is Fc1ccc(-c2nnc(SCc3noc(-c4cccs4)n3)c3ccccc23)cc1. The fourth-order valence-corrected chi connectivity index (χ4v) is 4.41. The summed E-state index contributed by atoms with van der Waals surface area (Å²) in [6.45, 7) is 0. The van der Waals surface area contributed by atoms with Crippen molar-refractivity contribution in [1.82, 2.24) is 20.3 Å². The van der Waals surface area contributed by atoms with E-state index in [1.54, 1.807) is 23.5 Å². The maximum Gasteiger partial charge on any atom is 0.268 e. The van der Waals surface area contributed by atoms with Gasteiger partial charge in [0.15, 0.2) is 5.82 Å². The van der Waals surface area contributed by atoms with Gasteiger partial charge < -0.3 is 4.52 Å². The molecule has 0 saturated carbocycles. The Bertz CT molecular complexity index is 1270. The molecule has 0 fully saturated rings.